The summed E-state index contributed by atoms with van der Waals surface area (Å²) in [5.41, 5.74) is 6.86. The molecule has 256 valence electrons. The predicted octanol–water partition coefficient (Wildman–Crippen LogP) is 11.8. The normalized spacial score (nSPS) is 11.3. The number of carbonyl (C=O) groups is 2. The van der Waals surface area contributed by atoms with Gasteiger partial charge >= 0.3 is 0 Å². The van der Waals surface area contributed by atoms with Gasteiger partial charge in [0.2, 0.25) is 0 Å². The van der Waals surface area contributed by atoms with Crippen LogP contribution in [0, 0.1) is 41.5 Å². The monoisotopic (exact) mass is 658 g/mol. The van der Waals surface area contributed by atoms with E-state index in [4.69, 9.17) is 9.47 Å². The Labute approximate surface area is 286 Å². The molecule has 0 unspecified atom stereocenters. The molecule has 3 rings (SSSR count). The molecule has 0 N–H and O–H groups in total. The topological polar surface area (TPSA) is 52.6 Å². The van der Waals surface area contributed by atoms with E-state index in [2.05, 4.69) is 13.8 Å². The summed E-state index contributed by atoms with van der Waals surface area (Å²) >= 11 is 0. The second-order valence-corrected chi connectivity index (χ2v) is 15.3. The molecule has 0 spiro atoms. The van der Waals surface area contributed by atoms with Gasteiger partial charge in [-0.3, -0.25) is 9.59 Å². The van der Waals surface area contributed by atoms with Gasteiger partial charge in [0.25, 0.3) is 0 Å². The van der Waals surface area contributed by atoms with E-state index in [1.807, 2.05) is 84.0 Å². The number of benzene rings is 3. The first-order valence-corrected chi connectivity index (χ1v) is 19.4. The predicted molar refractivity (Wildman–Crippen MR) is 201 cm³/mol. The van der Waals surface area contributed by atoms with Crippen molar-refractivity contribution in [2.45, 2.75) is 132 Å². The molecule has 0 saturated heterocycles. The van der Waals surface area contributed by atoms with Crippen molar-refractivity contribution < 1.29 is 19.1 Å². The Balaban J connectivity index is 2.03. The molecule has 3 aromatic rings. The molecule has 0 bridgehead atoms. The van der Waals surface area contributed by atoms with Gasteiger partial charge < -0.3 is 9.47 Å². The van der Waals surface area contributed by atoms with E-state index in [1.165, 1.54) is 51.4 Å². The van der Waals surface area contributed by atoms with Crippen molar-refractivity contribution >= 4 is 24.3 Å². The first-order chi connectivity index (χ1) is 22.6. The summed E-state index contributed by atoms with van der Waals surface area (Å²) in [6, 6.07) is 13.9. The standard InChI is InChI=1S/C42H59O4P/c1-9-11-13-15-17-19-23-45-36-21-22-38(37(29-36)46-24-20-18-16-14-12-10-2)47(41(43)39-32(5)25-30(3)26-33(39)6)42(44)40-34(7)27-31(4)28-35(40)8/h21-22,25-29H,9-20,23-24H2,1-8H3. The molecule has 0 aromatic heterocycles. The lowest BCUT2D eigenvalue weighted by molar-refractivity contribution is 0.105. The zero-order valence-corrected chi connectivity index (χ0v) is 31.4. The summed E-state index contributed by atoms with van der Waals surface area (Å²) in [5.74, 6) is 1.32. The SMILES string of the molecule is CCCCCCCCOc1ccc(P(C(=O)c2c(C)cc(C)cc2C)C(=O)c2c(C)cc(C)cc2C)c(OCCCCCCCC)c1. The summed E-state index contributed by atoms with van der Waals surface area (Å²) in [6.07, 6.45) is 14.1. The first-order valence-electron chi connectivity index (χ1n) is 18.0. The van der Waals surface area contributed by atoms with Crippen molar-refractivity contribution in [3.63, 3.8) is 0 Å². The molecule has 0 heterocycles. The average molecular weight is 659 g/mol. The second-order valence-electron chi connectivity index (χ2n) is 13.4. The van der Waals surface area contributed by atoms with Gasteiger partial charge in [-0.25, -0.2) is 0 Å². The maximum atomic E-state index is 14.8. The van der Waals surface area contributed by atoms with Crippen LogP contribution >= 0.6 is 7.92 Å². The maximum Gasteiger partial charge on any atom is 0.197 e. The van der Waals surface area contributed by atoms with Crippen LogP contribution in [0.3, 0.4) is 0 Å². The lowest BCUT2D eigenvalue weighted by Gasteiger charge is -2.23. The molecular formula is C42H59O4P. The molecule has 5 heteroatoms. The van der Waals surface area contributed by atoms with Crippen LogP contribution in [0.15, 0.2) is 42.5 Å². The van der Waals surface area contributed by atoms with Crippen LogP contribution in [0.4, 0.5) is 0 Å². The van der Waals surface area contributed by atoms with Crippen molar-refractivity contribution in [3.05, 3.63) is 87.0 Å². The number of unbranched alkanes of at least 4 members (excludes halogenated alkanes) is 10. The quantitative estimate of drug-likeness (QED) is 0.0844. The van der Waals surface area contributed by atoms with E-state index in [-0.39, 0.29) is 11.0 Å². The van der Waals surface area contributed by atoms with E-state index < -0.39 is 7.92 Å². The van der Waals surface area contributed by atoms with Crippen molar-refractivity contribution in [3.8, 4) is 11.5 Å². The molecule has 0 aliphatic rings. The first kappa shape index (κ1) is 38.5. The van der Waals surface area contributed by atoms with Gasteiger partial charge in [0.15, 0.2) is 11.0 Å². The summed E-state index contributed by atoms with van der Waals surface area (Å²) in [6.45, 7) is 17.6. The minimum absolute atomic E-state index is 0.121. The van der Waals surface area contributed by atoms with E-state index in [9.17, 15) is 9.59 Å². The van der Waals surface area contributed by atoms with Crippen LogP contribution in [0.25, 0.3) is 0 Å². The fourth-order valence-electron chi connectivity index (χ4n) is 6.59. The van der Waals surface area contributed by atoms with Gasteiger partial charge in [-0.15, -0.1) is 0 Å². The van der Waals surface area contributed by atoms with Crippen molar-refractivity contribution in [2.24, 2.45) is 0 Å². The minimum Gasteiger partial charge on any atom is -0.493 e. The van der Waals surface area contributed by atoms with Crippen LogP contribution in [0.1, 0.15) is 145 Å². The van der Waals surface area contributed by atoms with Crippen molar-refractivity contribution in [2.75, 3.05) is 13.2 Å². The van der Waals surface area contributed by atoms with E-state index in [0.717, 1.165) is 64.8 Å². The molecule has 4 nitrogen and oxygen atoms in total. The fraction of sp³-hybridized carbons (Fsp3) is 0.524. The third-order valence-electron chi connectivity index (χ3n) is 8.88. The third-order valence-corrected chi connectivity index (χ3v) is 11.0. The zero-order chi connectivity index (χ0) is 34.3. The largest absolute Gasteiger partial charge is 0.493 e. The number of hydrogen-bond acceptors (Lipinski definition) is 4. The number of carbonyl (C=O) groups excluding carboxylic acids is 2. The molecular weight excluding hydrogens is 599 g/mol. The maximum absolute atomic E-state index is 14.8. The fourth-order valence-corrected chi connectivity index (χ4v) is 8.94. The molecule has 0 amide bonds. The zero-order valence-electron chi connectivity index (χ0n) is 30.5. The second kappa shape index (κ2) is 19.8. The van der Waals surface area contributed by atoms with E-state index >= 15 is 0 Å². The molecule has 0 aliphatic heterocycles. The Kier molecular flexibility index (Phi) is 16.2. The highest BCUT2D eigenvalue weighted by Crippen LogP contribution is 2.48. The highest BCUT2D eigenvalue weighted by molar-refractivity contribution is 7.96. The van der Waals surface area contributed by atoms with Crippen molar-refractivity contribution in [1.82, 2.24) is 0 Å². The number of hydrogen-bond donors (Lipinski definition) is 0. The Morgan fingerprint density at radius 2 is 0.936 bits per heavy atom. The summed E-state index contributed by atoms with van der Waals surface area (Å²) in [4.78, 5) is 29.5. The lowest BCUT2D eigenvalue weighted by Crippen LogP contribution is -2.21. The highest BCUT2D eigenvalue weighted by atomic mass is 31.1. The van der Waals surface area contributed by atoms with Crippen LogP contribution in [0.2, 0.25) is 0 Å². The van der Waals surface area contributed by atoms with Gasteiger partial charge in [0.1, 0.15) is 11.5 Å². The summed E-state index contributed by atoms with van der Waals surface area (Å²) in [7, 11) is -1.96. The average Bonchev–Trinajstić information content (AvgIpc) is 3.00. The number of rotatable bonds is 21. The third kappa shape index (κ3) is 11.3. The van der Waals surface area contributed by atoms with E-state index in [1.54, 1.807) is 0 Å². The van der Waals surface area contributed by atoms with Gasteiger partial charge in [0, 0.05) is 22.5 Å². The summed E-state index contributed by atoms with van der Waals surface area (Å²) in [5, 5.41) is 0.673. The molecule has 0 atom stereocenters. The Morgan fingerprint density at radius 1 is 0.532 bits per heavy atom. The molecule has 3 aromatic carbocycles. The number of ether oxygens (including phenoxy) is 2. The molecule has 0 fully saturated rings. The Hall–Kier alpha value is -2.97. The minimum atomic E-state index is -1.96. The van der Waals surface area contributed by atoms with Crippen molar-refractivity contribution in [1.29, 1.82) is 0 Å². The highest BCUT2D eigenvalue weighted by Gasteiger charge is 2.36. The molecule has 0 aliphatic carbocycles. The van der Waals surface area contributed by atoms with Crippen LogP contribution in [0.5, 0.6) is 11.5 Å². The van der Waals surface area contributed by atoms with Crippen LogP contribution < -0.4 is 14.8 Å². The molecule has 0 radical (unpaired) electrons. The van der Waals surface area contributed by atoms with Gasteiger partial charge in [-0.05, 0) is 88.8 Å². The Bertz CT molecular complexity index is 1360. The van der Waals surface area contributed by atoms with Gasteiger partial charge in [-0.1, -0.05) is 113 Å². The molecule has 47 heavy (non-hydrogen) atoms. The van der Waals surface area contributed by atoms with Gasteiger partial charge in [0.05, 0.1) is 21.1 Å². The summed E-state index contributed by atoms with van der Waals surface area (Å²) < 4.78 is 12.7. The molecule has 0 saturated carbocycles. The van der Waals surface area contributed by atoms with Crippen LogP contribution in [-0.4, -0.2) is 24.3 Å². The lowest BCUT2D eigenvalue weighted by atomic mass is 10.0. The smallest absolute Gasteiger partial charge is 0.197 e. The van der Waals surface area contributed by atoms with Gasteiger partial charge in [-0.2, -0.15) is 0 Å². The Morgan fingerprint density at radius 3 is 1.38 bits per heavy atom. The van der Waals surface area contributed by atoms with E-state index in [0.29, 0.717) is 35.4 Å². The number of aryl methyl sites for hydroxylation is 6. The van der Waals surface area contributed by atoms with Crippen LogP contribution in [-0.2, 0) is 0 Å².